The van der Waals surface area contributed by atoms with E-state index in [1.165, 1.54) is 24.0 Å². The van der Waals surface area contributed by atoms with E-state index in [2.05, 4.69) is 45.9 Å². The van der Waals surface area contributed by atoms with Gasteiger partial charge in [-0.05, 0) is 43.0 Å². The second-order valence-electron chi connectivity index (χ2n) is 4.32. The lowest BCUT2D eigenvalue weighted by Gasteiger charge is -2.14. The van der Waals surface area contributed by atoms with Gasteiger partial charge in [0.15, 0.2) is 0 Å². The number of rotatable bonds is 5. The van der Waals surface area contributed by atoms with Crippen LogP contribution >= 0.6 is 0 Å². The molecule has 0 atom stereocenters. The second-order valence-corrected chi connectivity index (χ2v) is 4.32. The summed E-state index contributed by atoms with van der Waals surface area (Å²) in [6, 6.07) is 6.38. The van der Waals surface area contributed by atoms with Gasteiger partial charge in [0.2, 0.25) is 0 Å². The van der Waals surface area contributed by atoms with Gasteiger partial charge in [-0.15, -0.1) is 0 Å². The van der Waals surface area contributed by atoms with E-state index in [0.29, 0.717) is 5.92 Å². The van der Waals surface area contributed by atoms with Crippen molar-refractivity contribution >= 4 is 0 Å². The van der Waals surface area contributed by atoms with Crippen LogP contribution in [0.5, 0.6) is 5.75 Å². The van der Waals surface area contributed by atoms with E-state index < -0.39 is 0 Å². The van der Waals surface area contributed by atoms with Crippen LogP contribution < -0.4 is 4.74 Å². The standard InChI is InChI=1S/C14H22O/c1-5-13(6-2)10-15-14-8-11(3)7-12(4)9-14/h7-9,13H,5-6,10H2,1-4H3. The molecule has 0 aliphatic heterocycles. The summed E-state index contributed by atoms with van der Waals surface area (Å²) in [6.45, 7) is 9.50. The van der Waals surface area contributed by atoms with Crippen LogP contribution in [0.1, 0.15) is 37.8 Å². The van der Waals surface area contributed by atoms with Crippen LogP contribution in [-0.4, -0.2) is 6.61 Å². The molecule has 0 amide bonds. The molecule has 0 aliphatic carbocycles. The van der Waals surface area contributed by atoms with Crippen molar-refractivity contribution in [2.75, 3.05) is 6.61 Å². The molecule has 0 heterocycles. The molecule has 0 spiro atoms. The number of ether oxygens (including phenoxy) is 1. The summed E-state index contributed by atoms with van der Waals surface area (Å²) in [5.74, 6) is 1.70. The zero-order chi connectivity index (χ0) is 11.3. The second kappa shape index (κ2) is 5.79. The van der Waals surface area contributed by atoms with Crippen molar-refractivity contribution in [1.82, 2.24) is 0 Å². The molecule has 0 saturated carbocycles. The van der Waals surface area contributed by atoms with Gasteiger partial charge in [-0.25, -0.2) is 0 Å². The molecular weight excluding hydrogens is 184 g/mol. The fourth-order valence-electron chi connectivity index (χ4n) is 1.75. The summed E-state index contributed by atoms with van der Waals surface area (Å²) < 4.78 is 5.81. The Morgan fingerprint density at radius 3 is 2.00 bits per heavy atom. The van der Waals surface area contributed by atoms with Gasteiger partial charge in [0, 0.05) is 0 Å². The van der Waals surface area contributed by atoms with E-state index in [1.807, 2.05) is 0 Å². The summed E-state index contributed by atoms with van der Waals surface area (Å²) >= 11 is 0. The Bertz CT molecular complexity index is 280. The van der Waals surface area contributed by atoms with Crippen molar-refractivity contribution in [1.29, 1.82) is 0 Å². The van der Waals surface area contributed by atoms with Crippen LogP contribution in [0.15, 0.2) is 18.2 Å². The van der Waals surface area contributed by atoms with Gasteiger partial charge >= 0.3 is 0 Å². The lowest BCUT2D eigenvalue weighted by Crippen LogP contribution is -2.10. The fourth-order valence-corrected chi connectivity index (χ4v) is 1.75. The smallest absolute Gasteiger partial charge is 0.119 e. The predicted molar refractivity (Wildman–Crippen MR) is 65.5 cm³/mol. The first-order valence-corrected chi connectivity index (χ1v) is 5.86. The molecule has 0 N–H and O–H groups in total. The molecule has 0 bridgehead atoms. The van der Waals surface area contributed by atoms with Crippen LogP contribution in [-0.2, 0) is 0 Å². The molecule has 1 aromatic rings. The normalized spacial score (nSPS) is 10.7. The summed E-state index contributed by atoms with van der Waals surface area (Å²) in [4.78, 5) is 0. The van der Waals surface area contributed by atoms with Crippen molar-refractivity contribution in [3.63, 3.8) is 0 Å². The molecule has 0 aromatic heterocycles. The number of benzene rings is 1. The van der Waals surface area contributed by atoms with Crippen LogP contribution in [0.4, 0.5) is 0 Å². The average Bonchev–Trinajstić information content (AvgIpc) is 2.18. The molecule has 0 saturated heterocycles. The highest BCUT2D eigenvalue weighted by Crippen LogP contribution is 2.18. The maximum atomic E-state index is 5.81. The lowest BCUT2D eigenvalue weighted by atomic mass is 10.1. The number of aryl methyl sites for hydroxylation is 2. The van der Waals surface area contributed by atoms with Crippen LogP contribution in [0.25, 0.3) is 0 Å². The van der Waals surface area contributed by atoms with Gasteiger partial charge in [0.05, 0.1) is 6.61 Å². The molecule has 0 radical (unpaired) electrons. The van der Waals surface area contributed by atoms with Gasteiger partial charge in [-0.2, -0.15) is 0 Å². The van der Waals surface area contributed by atoms with Crippen molar-refractivity contribution in [2.24, 2.45) is 5.92 Å². The van der Waals surface area contributed by atoms with E-state index in [1.54, 1.807) is 0 Å². The first-order valence-electron chi connectivity index (χ1n) is 5.86. The third-order valence-corrected chi connectivity index (χ3v) is 2.84. The Morgan fingerprint density at radius 1 is 1.00 bits per heavy atom. The topological polar surface area (TPSA) is 9.23 Å². The van der Waals surface area contributed by atoms with Gasteiger partial charge in [0.25, 0.3) is 0 Å². The van der Waals surface area contributed by atoms with Gasteiger partial charge in [0.1, 0.15) is 5.75 Å². The molecule has 1 heteroatoms. The van der Waals surface area contributed by atoms with Gasteiger partial charge < -0.3 is 4.74 Å². The van der Waals surface area contributed by atoms with E-state index in [4.69, 9.17) is 4.74 Å². The summed E-state index contributed by atoms with van der Waals surface area (Å²) in [7, 11) is 0. The molecule has 1 rings (SSSR count). The zero-order valence-electron chi connectivity index (χ0n) is 10.3. The Labute approximate surface area is 93.5 Å². The molecular formula is C14H22O. The Morgan fingerprint density at radius 2 is 1.53 bits per heavy atom. The number of hydrogen-bond acceptors (Lipinski definition) is 1. The van der Waals surface area contributed by atoms with E-state index in [-0.39, 0.29) is 0 Å². The highest BCUT2D eigenvalue weighted by Gasteiger charge is 2.04. The molecule has 0 aliphatic rings. The largest absolute Gasteiger partial charge is 0.493 e. The Hall–Kier alpha value is -0.980. The molecule has 0 unspecified atom stereocenters. The highest BCUT2D eigenvalue weighted by atomic mass is 16.5. The van der Waals surface area contributed by atoms with Crippen molar-refractivity contribution in [2.45, 2.75) is 40.5 Å². The third-order valence-electron chi connectivity index (χ3n) is 2.84. The van der Waals surface area contributed by atoms with Crippen LogP contribution in [0, 0.1) is 19.8 Å². The van der Waals surface area contributed by atoms with Crippen molar-refractivity contribution in [3.05, 3.63) is 29.3 Å². The van der Waals surface area contributed by atoms with Crippen molar-refractivity contribution in [3.8, 4) is 5.75 Å². The fraction of sp³-hybridized carbons (Fsp3) is 0.571. The molecule has 1 nitrogen and oxygen atoms in total. The Balaban J connectivity index is 2.57. The SMILES string of the molecule is CCC(CC)COc1cc(C)cc(C)c1. The maximum Gasteiger partial charge on any atom is 0.119 e. The van der Waals surface area contributed by atoms with E-state index >= 15 is 0 Å². The molecule has 15 heavy (non-hydrogen) atoms. The summed E-state index contributed by atoms with van der Waals surface area (Å²) in [5, 5.41) is 0. The monoisotopic (exact) mass is 206 g/mol. The minimum Gasteiger partial charge on any atom is -0.493 e. The summed E-state index contributed by atoms with van der Waals surface area (Å²) in [6.07, 6.45) is 2.39. The third kappa shape index (κ3) is 3.94. The molecule has 0 fully saturated rings. The number of hydrogen-bond donors (Lipinski definition) is 0. The van der Waals surface area contributed by atoms with Crippen LogP contribution in [0.2, 0.25) is 0 Å². The predicted octanol–water partition coefficient (Wildman–Crippen LogP) is 4.12. The van der Waals surface area contributed by atoms with Crippen molar-refractivity contribution < 1.29 is 4.74 Å². The van der Waals surface area contributed by atoms with Gasteiger partial charge in [-0.1, -0.05) is 32.8 Å². The highest BCUT2D eigenvalue weighted by molar-refractivity contribution is 5.32. The van der Waals surface area contributed by atoms with E-state index in [9.17, 15) is 0 Å². The Kier molecular flexibility index (Phi) is 4.67. The van der Waals surface area contributed by atoms with Gasteiger partial charge in [-0.3, -0.25) is 0 Å². The van der Waals surface area contributed by atoms with Crippen LogP contribution in [0.3, 0.4) is 0 Å². The first kappa shape index (κ1) is 12.1. The minimum absolute atomic E-state index is 0.686. The first-order chi connectivity index (χ1) is 7.15. The zero-order valence-corrected chi connectivity index (χ0v) is 10.3. The summed E-state index contributed by atoms with van der Waals surface area (Å²) in [5.41, 5.74) is 2.55. The molecule has 84 valence electrons. The maximum absolute atomic E-state index is 5.81. The van der Waals surface area contributed by atoms with E-state index in [0.717, 1.165) is 12.4 Å². The minimum atomic E-state index is 0.686. The quantitative estimate of drug-likeness (QED) is 0.704. The lowest BCUT2D eigenvalue weighted by molar-refractivity contribution is 0.240. The molecule has 1 aromatic carbocycles. The average molecular weight is 206 g/mol.